The van der Waals surface area contributed by atoms with Gasteiger partial charge in [0.2, 0.25) is 0 Å². The van der Waals surface area contributed by atoms with Gasteiger partial charge in [-0.1, -0.05) is 0 Å². The Morgan fingerprint density at radius 1 is 1.24 bits per heavy atom. The molecule has 1 amide bonds. The molecule has 1 rings (SSSR count). The van der Waals surface area contributed by atoms with Crippen molar-refractivity contribution < 1.29 is 27.5 Å². The number of amides is 1. The van der Waals surface area contributed by atoms with Gasteiger partial charge >= 0.3 is 11.9 Å². The number of benzene rings is 1. The Bertz CT molecular complexity index is 439. The van der Waals surface area contributed by atoms with Gasteiger partial charge in [-0.05, 0) is 6.92 Å². The smallest absolute Gasteiger partial charge is 0.397 e. The number of nitrogens with one attached hydrogen (secondary N) is 1. The molecule has 1 aromatic carbocycles. The molecule has 17 heavy (non-hydrogen) atoms. The zero-order valence-electron chi connectivity index (χ0n) is 8.72. The number of halogens is 3. The van der Waals surface area contributed by atoms with Crippen molar-refractivity contribution in [2.45, 2.75) is 6.92 Å². The number of carbonyl (C=O) groups is 2. The number of anilines is 1. The van der Waals surface area contributed by atoms with Gasteiger partial charge in [-0.3, -0.25) is 4.79 Å². The van der Waals surface area contributed by atoms with E-state index < -0.39 is 29.3 Å². The third-order valence-electron chi connectivity index (χ3n) is 1.70. The van der Waals surface area contributed by atoms with Crippen LogP contribution in [-0.2, 0) is 14.3 Å². The van der Waals surface area contributed by atoms with E-state index >= 15 is 0 Å². The summed E-state index contributed by atoms with van der Waals surface area (Å²) in [6, 6.07) is 1.10. The van der Waals surface area contributed by atoms with Crippen LogP contribution in [0.15, 0.2) is 12.1 Å². The summed E-state index contributed by atoms with van der Waals surface area (Å²) in [6.45, 7) is 1.47. The van der Waals surface area contributed by atoms with Crippen molar-refractivity contribution >= 4 is 17.6 Å². The first-order valence-corrected chi connectivity index (χ1v) is 4.58. The lowest BCUT2D eigenvalue weighted by Gasteiger charge is -2.05. The first-order chi connectivity index (χ1) is 7.95. The minimum absolute atomic E-state index is 0.0155. The molecule has 1 N–H and O–H groups in total. The van der Waals surface area contributed by atoms with Gasteiger partial charge in [0, 0.05) is 17.8 Å². The van der Waals surface area contributed by atoms with Gasteiger partial charge in [0.1, 0.15) is 0 Å². The maximum Gasteiger partial charge on any atom is 0.397 e. The van der Waals surface area contributed by atoms with Crippen molar-refractivity contribution in [1.82, 2.24) is 0 Å². The maximum absolute atomic E-state index is 12.8. The Kier molecular flexibility index (Phi) is 4.08. The SMILES string of the molecule is CCOC(=O)C(=O)Nc1cc(F)c(F)c(F)c1. The lowest BCUT2D eigenvalue weighted by Crippen LogP contribution is -2.25. The number of ether oxygens (including phenoxy) is 1. The van der Waals surface area contributed by atoms with Gasteiger partial charge < -0.3 is 10.1 Å². The Labute approximate surface area is 94.4 Å². The third-order valence-corrected chi connectivity index (χ3v) is 1.70. The minimum Gasteiger partial charge on any atom is -0.459 e. The second kappa shape index (κ2) is 5.33. The van der Waals surface area contributed by atoms with Crippen LogP contribution in [0.1, 0.15) is 6.92 Å². The van der Waals surface area contributed by atoms with E-state index in [1.807, 2.05) is 5.32 Å². The van der Waals surface area contributed by atoms with Gasteiger partial charge in [-0.2, -0.15) is 0 Å². The molecule has 0 heterocycles. The van der Waals surface area contributed by atoms with E-state index in [0.717, 1.165) is 0 Å². The standard InChI is InChI=1S/C10H8F3NO3/c1-2-17-10(16)9(15)14-5-3-6(11)8(13)7(12)4-5/h3-4H,2H2,1H3,(H,14,15). The molecule has 92 valence electrons. The van der Waals surface area contributed by atoms with E-state index in [4.69, 9.17) is 0 Å². The van der Waals surface area contributed by atoms with Crippen LogP contribution < -0.4 is 5.32 Å². The summed E-state index contributed by atoms with van der Waals surface area (Å²) >= 11 is 0. The van der Waals surface area contributed by atoms with Crippen LogP contribution in [0.25, 0.3) is 0 Å². The highest BCUT2D eigenvalue weighted by atomic mass is 19.2. The molecule has 0 aromatic heterocycles. The Morgan fingerprint density at radius 3 is 2.24 bits per heavy atom. The quantitative estimate of drug-likeness (QED) is 0.490. The molecule has 0 spiro atoms. The van der Waals surface area contributed by atoms with Crippen LogP contribution in [0.4, 0.5) is 18.9 Å². The van der Waals surface area contributed by atoms with Crippen LogP contribution >= 0.6 is 0 Å². The lowest BCUT2D eigenvalue weighted by atomic mass is 10.3. The summed E-state index contributed by atoms with van der Waals surface area (Å²) in [5, 5.41) is 1.88. The molecule has 1 aromatic rings. The van der Waals surface area contributed by atoms with E-state index in [1.165, 1.54) is 6.92 Å². The van der Waals surface area contributed by atoms with Gasteiger partial charge in [-0.15, -0.1) is 0 Å². The first kappa shape index (κ1) is 13.0. The Hall–Kier alpha value is -2.05. The fourth-order valence-electron chi connectivity index (χ4n) is 1.01. The topological polar surface area (TPSA) is 55.4 Å². The lowest BCUT2D eigenvalue weighted by molar-refractivity contribution is -0.152. The summed E-state index contributed by atoms with van der Waals surface area (Å²) in [4.78, 5) is 22.0. The van der Waals surface area contributed by atoms with Crippen LogP contribution in [0.2, 0.25) is 0 Å². The molecule has 0 fully saturated rings. The molecular weight excluding hydrogens is 239 g/mol. The monoisotopic (exact) mass is 247 g/mol. The molecule has 0 aliphatic carbocycles. The van der Waals surface area contributed by atoms with Crippen molar-refractivity contribution in [2.24, 2.45) is 0 Å². The molecule has 0 saturated carbocycles. The summed E-state index contributed by atoms with van der Waals surface area (Å²) in [5.41, 5.74) is -0.376. The molecule has 0 atom stereocenters. The zero-order valence-corrected chi connectivity index (χ0v) is 8.72. The molecule has 0 saturated heterocycles. The number of carbonyl (C=O) groups excluding carboxylic acids is 2. The summed E-state index contributed by atoms with van der Waals surface area (Å²) in [7, 11) is 0. The normalized spacial score (nSPS) is 9.88. The number of rotatable bonds is 2. The predicted octanol–water partition coefficient (Wildman–Crippen LogP) is 1.61. The number of hydrogen-bond acceptors (Lipinski definition) is 3. The summed E-state index contributed by atoms with van der Waals surface area (Å²) < 4.78 is 42.4. The van der Waals surface area contributed by atoms with Crippen molar-refractivity contribution in [1.29, 1.82) is 0 Å². The molecule has 0 aliphatic heterocycles. The molecular formula is C10H8F3NO3. The van der Waals surface area contributed by atoms with E-state index in [2.05, 4.69) is 4.74 Å². The average molecular weight is 247 g/mol. The van der Waals surface area contributed by atoms with Gasteiger partial charge in [0.25, 0.3) is 0 Å². The predicted molar refractivity (Wildman–Crippen MR) is 51.6 cm³/mol. The van der Waals surface area contributed by atoms with Gasteiger partial charge in [-0.25, -0.2) is 18.0 Å². The second-order valence-electron chi connectivity index (χ2n) is 2.93. The highest BCUT2D eigenvalue weighted by molar-refractivity contribution is 6.37. The Morgan fingerprint density at radius 2 is 1.76 bits per heavy atom. The first-order valence-electron chi connectivity index (χ1n) is 4.58. The van der Waals surface area contributed by atoms with Crippen molar-refractivity contribution in [2.75, 3.05) is 11.9 Å². The zero-order chi connectivity index (χ0) is 13.0. The average Bonchev–Trinajstić information content (AvgIpc) is 2.26. The van der Waals surface area contributed by atoms with Crippen LogP contribution in [0.3, 0.4) is 0 Å². The van der Waals surface area contributed by atoms with Crippen LogP contribution in [-0.4, -0.2) is 18.5 Å². The van der Waals surface area contributed by atoms with E-state index in [1.54, 1.807) is 0 Å². The molecule has 0 unspecified atom stereocenters. The fourth-order valence-corrected chi connectivity index (χ4v) is 1.01. The van der Waals surface area contributed by atoms with Crippen molar-refractivity contribution in [3.63, 3.8) is 0 Å². The molecule has 0 bridgehead atoms. The minimum atomic E-state index is -1.65. The third kappa shape index (κ3) is 3.20. The van der Waals surface area contributed by atoms with E-state index in [-0.39, 0.29) is 12.3 Å². The molecule has 0 aliphatic rings. The Balaban J connectivity index is 2.82. The highest BCUT2D eigenvalue weighted by Gasteiger charge is 2.17. The van der Waals surface area contributed by atoms with Gasteiger partial charge in [0.05, 0.1) is 6.61 Å². The highest BCUT2D eigenvalue weighted by Crippen LogP contribution is 2.17. The van der Waals surface area contributed by atoms with Crippen LogP contribution in [0, 0.1) is 17.5 Å². The summed E-state index contributed by atoms with van der Waals surface area (Å²) in [5.74, 6) is -6.98. The van der Waals surface area contributed by atoms with E-state index in [0.29, 0.717) is 12.1 Å². The summed E-state index contributed by atoms with van der Waals surface area (Å²) in [6.07, 6.45) is 0. The van der Waals surface area contributed by atoms with Crippen LogP contribution in [0.5, 0.6) is 0 Å². The van der Waals surface area contributed by atoms with Gasteiger partial charge in [0.15, 0.2) is 17.5 Å². The maximum atomic E-state index is 12.8. The molecule has 0 radical (unpaired) electrons. The fraction of sp³-hybridized carbons (Fsp3) is 0.200. The molecule has 7 heteroatoms. The van der Waals surface area contributed by atoms with Crippen molar-refractivity contribution in [3.8, 4) is 0 Å². The number of esters is 1. The van der Waals surface area contributed by atoms with E-state index in [9.17, 15) is 22.8 Å². The second-order valence-corrected chi connectivity index (χ2v) is 2.93. The van der Waals surface area contributed by atoms with Crippen molar-refractivity contribution in [3.05, 3.63) is 29.6 Å². The molecule has 4 nitrogen and oxygen atoms in total. The number of hydrogen-bond donors (Lipinski definition) is 1. The largest absolute Gasteiger partial charge is 0.459 e.